The molecule has 8 rings (SSSR count). The molecule has 0 saturated heterocycles. The molecule has 0 aliphatic heterocycles. The first-order chi connectivity index (χ1) is 25.3. The first-order valence-corrected chi connectivity index (χ1v) is 19.5. The van der Waals surface area contributed by atoms with Crippen LogP contribution in [-0.2, 0) is 0 Å². The quantitative estimate of drug-likeness (QED) is 0.139. The average molecular weight is 675 g/mol. The van der Waals surface area contributed by atoms with Gasteiger partial charge < -0.3 is 0 Å². The van der Waals surface area contributed by atoms with Gasteiger partial charge in [0.25, 0.3) is 0 Å². The van der Waals surface area contributed by atoms with E-state index < -0.39 is 7.26 Å². The van der Waals surface area contributed by atoms with Gasteiger partial charge in [0, 0.05) is 0 Å². The van der Waals surface area contributed by atoms with Gasteiger partial charge >= 0.3 is 303 Å². The van der Waals surface area contributed by atoms with E-state index in [1.807, 2.05) is 7.11 Å². The summed E-state index contributed by atoms with van der Waals surface area (Å²) in [6, 6.07) is 77.2. The summed E-state index contributed by atoms with van der Waals surface area (Å²) < 4.78 is 6.71. The van der Waals surface area contributed by atoms with Crippen molar-refractivity contribution in [1.82, 2.24) is 0 Å². The normalized spacial score (nSPS) is 11.5. The number of benzene rings is 8. The van der Waals surface area contributed by atoms with Crippen molar-refractivity contribution in [1.29, 1.82) is 0 Å². The Morgan fingerprint density at radius 1 is 0.294 bits per heavy atom. The van der Waals surface area contributed by atoms with Crippen LogP contribution in [0.3, 0.4) is 0 Å². The van der Waals surface area contributed by atoms with Gasteiger partial charge in [-0.2, -0.15) is 0 Å². The molecule has 51 heavy (non-hydrogen) atoms. The van der Waals surface area contributed by atoms with E-state index in [1.165, 1.54) is 32.3 Å². The van der Waals surface area contributed by atoms with Crippen LogP contribution in [0.25, 0.3) is 44.5 Å². The molecule has 1 nitrogen and oxygen atoms in total. The van der Waals surface area contributed by atoms with Gasteiger partial charge in [0.05, 0.1) is 0 Å². The van der Waals surface area contributed by atoms with Crippen LogP contribution < -0.4 is 26.0 Å². The Morgan fingerprint density at radius 2 is 0.529 bits per heavy atom. The number of rotatable bonds is 9. The topological polar surface area (TPSA) is 9.23 Å². The summed E-state index contributed by atoms with van der Waals surface area (Å²) in [6.07, 6.45) is 0. The average Bonchev–Trinajstić information content (AvgIpc) is 3.23. The van der Waals surface area contributed by atoms with E-state index in [9.17, 15) is 0 Å². The summed E-state index contributed by atoms with van der Waals surface area (Å²) >= 11 is 0. The Kier molecular flexibility index (Phi) is 9.13. The first-order valence-electron chi connectivity index (χ1n) is 17.5. The first kappa shape index (κ1) is 32.2. The summed E-state index contributed by atoms with van der Waals surface area (Å²) in [7, 11) is -1.35. The minimum atomic E-state index is -3.17. The Morgan fingerprint density at radius 3 is 0.784 bits per heavy atom. The van der Waals surface area contributed by atoms with Gasteiger partial charge in [0.1, 0.15) is 0 Å². The molecular formula is C49H39OP. The molecule has 0 heterocycles. The van der Waals surface area contributed by atoms with E-state index in [1.54, 1.807) is 0 Å². The van der Waals surface area contributed by atoms with Gasteiger partial charge in [-0.15, -0.1) is 0 Å². The Hall–Kier alpha value is -6.01. The van der Waals surface area contributed by atoms with Gasteiger partial charge in [0.15, 0.2) is 0 Å². The third-order valence-corrected chi connectivity index (χ3v) is 14.8. The fourth-order valence-corrected chi connectivity index (χ4v) is 13.1. The fourth-order valence-electron chi connectivity index (χ4n) is 7.85. The molecular weight excluding hydrogens is 636 g/mol. The van der Waals surface area contributed by atoms with Crippen molar-refractivity contribution in [2.45, 2.75) is 0 Å². The molecule has 0 atom stereocenters. The Labute approximate surface area is 301 Å². The van der Waals surface area contributed by atoms with Crippen LogP contribution in [0.1, 0.15) is 0 Å². The summed E-state index contributed by atoms with van der Waals surface area (Å²) in [5, 5.41) is 5.29. The van der Waals surface area contributed by atoms with Crippen molar-refractivity contribution in [3.63, 3.8) is 0 Å². The predicted molar refractivity (Wildman–Crippen MR) is 221 cm³/mol. The molecule has 0 fully saturated rings. The molecule has 0 aromatic heterocycles. The second-order valence-electron chi connectivity index (χ2n) is 12.7. The van der Waals surface area contributed by atoms with Crippen LogP contribution in [0.4, 0.5) is 0 Å². The third kappa shape index (κ3) is 5.77. The van der Waals surface area contributed by atoms with Crippen molar-refractivity contribution >= 4 is 28.5 Å². The number of ether oxygens (including phenoxy) is 1. The zero-order valence-electron chi connectivity index (χ0n) is 28.6. The maximum absolute atomic E-state index is 6.71. The molecule has 0 saturated carbocycles. The van der Waals surface area contributed by atoms with Crippen LogP contribution in [0.5, 0.6) is 5.75 Å². The molecule has 0 N–H and O–H groups in total. The monoisotopic (exact) mass is 674 g/mol. The number of methoxy groups -OCH3 is 1. The van der Waals surface area contributed by atoms with Crippen molar-refractivity contribution in [2.24, 2.45) is 0 Å². The molecule has 0 radical (unpaired) electrons. The SMILES string of the molecule is COc1c(-c2ccccc2)c(-c2ccccc2)c([PH](c2ccccc2)(c2ccccc2)c2ccccc2)c(-c2ccccc2)c1-c1ccccc1. The van der Waals surface area contributed by atoms with E-state index in [0.29, 0.717) is 0 Å². The molecule has 0 spiro atoms. The van der Waals surface area contributed by atoms with E-state index >= 15 is 0 Å². The number of hydrogen-bond acceptors (Lipinski definition) is 1. The van der Waals surface area contributed by atoms with Gasteiger partial charge in [-0.3, -0.25) is 0 Å². The summed E-state index contributed by atoms with van der Waals surface area (Å²) in [5.74, 6) is 0.867. The van der Waals surface area contributed by atoms with Crippen molar-refractivity contribution in [3.05, 3.63) is 212 Å². The molecule has 2 heteroatoms. The van der Waals surface area contributed by atoms with Crippen molar-refractivity contribution < 1.29 is 4.74 Å². The van der Waals surface area contributed by atoms with Crippen LogP contribution in [0.2, 0.25) is 0 Å². The van der Waals surface area contributed by atoms with Gasteiger partial charge in [0.2, 0.25) is 0 Å². The van der Waals surface area contributed by atoms with Crippen molar-refractivity contribution in [2.75, 3.05) is 7.11 Å². The molecule has 0 bridgehead atoms. The van der Waals surface area contributed by atoms with E-state index in [0.717, 1.165) is 39.1 Å². The Balaban J connectivity index is 1.76. The molecule has 0 aliphatic rings. The third-order valence-electron chi connectivity index (χ3n) is 9.90. The van der Waals surface area contributed by atoms with Crippen LogP contribution in [0, 0.1) is 0 Å². The fraction of sp³-hybridized carbons (Fsp3) is 0.0204. The molecule has 8 aromatic carbocycles. The zero-order valence-corrected chi connectivity index (χ0v) is 29.6. The maximum atomic E-state index is 6.71. The van der Waals surface area contributed by atoms with Crippen LogP contribution in [-0.4, -0.2) is 7.11 Å². The summed E-state index contributed by atoms with van der Waals surface area (Å²) in [6.45, 7) is 0. The van der Waals surface area contributed by atoms with Crippen LogP contribution >= 0.6 is 7.26 Å². The van der Waals surface area contributed by atoms with E-state index in [2.05, 4.69) is 212 Å². The molecule has 8 aromatic rings. The predicted octanol–water partition coefficient (Wildman–Crippen LogP) is 10.7. The van der Waals surface area contributed by atoms with Gasteiger partial charge in [-0.05, 0) is 0 Å². The second kappa shape index (κ2) is 14.5. The Bertz CT molecular complexity index is 2140. The molecule has 0 aliphatic carbocycles. The second-order valence-corrected chi connectivity index (χ2v) is 16.5. The summed E-state index contributed by atoms with van der Waals surface area (Å²) in [5.41, 5.74) is 9.12. The molecule has 246 valence electrons. The summed E-state index contributed by atoms with van der Waals surface area (Å²) in [4.78, 5) is 0. The van der Waals surface area contributed by atoms with Crippen molar-refractivity contribution in [3.8, 4) is 50.3 Å². The van der Waals surface area contributed by atoms with E-state index in [4.69, 9.17) is 4.74 Å². The van der Waals surface area contributed by atoms with E-state index in [-0.39, 0.29) is 0 Å². The van der Waals surface area contributed by atoms with Crippen LogP contribution in [0.15, 0.2) is 212 Å². The number of hydrogen-bond donors (Lipinski definition) is 0. The minimum absolute atomic E-state index is 0.867. The molecule has 0 unspecified atom stereocenters. The zero-order chi connectivity index (χ0) is 34.5. The van der Waals surface area contributed by atoms with Gasteiger partial charge in [-0.25, -0.2) is 0 Å². The molecule has 0 amide bonds. The standard InChI is InChI=1S/C49H39OP/c1-50-48-44(37-23-9-2-10-24-37)46(39-27-13-4-14-28-39)49(47(40-29-15-5-16-30-40)45(48)38-25-11-3-12-26-38)51(41-31-17-6-18-32-41,42-33-19-7-20-34-42)43-35-21-8-22-36-43/h2-36,51H,1H3. The van der Waals surface area contributed by atoms with Gasteiger partial charge in [-0.1, -0.05) is 0 Å².